The second-order valence-electron chi connectivity index (χ2n) is 3.75. The van der Waals surface area contributed by atoms with Crippen LogP contribution in [0.15, 0.2) is 11.2 Å². The molecule has 6 N–H and O–H groups in total. The molecule has 82 valence electrons. The predicted molar refractivity (Wildman–Crippen MR) is 62.3 cm³/mol. The van der Waals surface area contributed by atoms with Crippen LogP contribution in [0.1, 0.15) is 19.3 Å². The second kappa shape index (κ2) is 4.24. The van der Waals surface area contributed by atoms with Crippen molar-refractivity contribution in [3.8, 4) is 0 Å². The van der Waals surface area contributed by atoms with Gasteiger partial charge in [0.1, 0.15) is 11.6 Å². The summed E-state index contributed by atoms with van der Waals surface area (Å²) in [5.41, 5.74) is 17.1. The zero-order valence-electron chi connectivity index (χ0n) is 8.39. The van der Waals surface area contributed by atoms with Gasteiger partial charge in [-0.25, -0.2) is 9.97 Å². The van der Waals surface area contributed by atoms with Crippen LogP contribution < -0.4 is 17.2 Å². The summed E-state index contributed by atoms with van der Waals surface area (Å²) in [4.78, 5) is 8.25. The van der Waals surface area contributed by atoms with Crippen molar-refractivity contribution in [1.82, 2.24) is 9.97 Å². The first kappa shape index (κ1) is 10.5. The van der Waals surface area contributed by atoms with E-state index in [1.54, 1.807) is 17.8 Å². The molecule has 0 aromatic carbocycles. The van der Waals surface area contributed by atoms with Gasteiger partial charge in [0.15, 0.2) is 5.16 Å². The van der Waals surface area contributed by atoms with Gasteiger partial charge in [-0.05, 0) is 12.8 Å². The smallest absolute Gasteiger partial charge is 0.191 e. The van der Waals surface area contributed by atoms with Crippen LogP contribution in [-0.2, 0) is 0 Å². The maximum atomic E-state index is 5.96. The Balaban J connectivity index is 2.10. The largest absolute Gasteiger partial charge is 0.383 e. The van der Waals surface area contributed by atoms with E-state index in [1.807, 2.05) is 0 Å². The molecule has 2 atom stereocenters. The summed E-state index contributed by atoms with van der Waals surface area (Å²) in [6, 6.07) is 1.79. The summed E-state index contributed by atoms with van der Waals surface area (Å²) < 4.78 is 0. The van der Waals surface area contributed by atoms with E-state index in [0.717, 1.165) is 12.8 Å². The Morgan fingerprint density at radius 3 is 2.40 bits per heavy atom. The van der Waals surface area contributed by atoms with E-state index in [2.05, 4.69) is 9.97 Å². The second-order valence-corrected chi connectivity index (χ2v) is 4.96. The molecule has 1 heterocycles. The van der Waals surface area contributed by atoms with Gasteiger partial charge in [0.25, 0.3) is 0 Å². The quantitative estimate of drug-likeness (QED) is 0.637. The molecule has 1 fully saturated rings. The lowest BCUT2D eigenvalue weighted by atomic mass is 10.3. The lowest BCUT2D eigenvalue weighted by Crippen LogP contribution is -2.26. The normalized spacial score (nSPS) is 25.7. The van der Waals surface area contributed by atoms with Crippen molar-refractivity contribution >= 4 is 23.4 Å². The standard InChI is InChI=1S/C9H15N5S/c10-5-2-1-3-6(5)15-9-13-7(11)4-8(12)14-9/h4-6H,1-3,10H2,(H4,11,12,13,14). The molecule has 1 aromatic heterocycles. The van der Waals surface area contributed by atoms with E-state index < -0.39 is 0 Å². The summed E-state index contributed by atoms with van der Waals surface area (Å²) in [5, 5.41) is 1.03. The molecule has 2 rings (SSSR count). The third-order valence-corrected chi connectivity index (χ3v) is 3.79. The topological polar surface area (TPSA) is 104 Å². The van der Waals surface area contributed by atoms with Gasteiger partial charge in [0.05, 0.1) is 0 Å². The maximum Gasteiger partial charge on any atom is 0.191 e. The molecule has 6 heteroatoms. The summed E-state index contributed by atoms with van der Waals surface area (Å²) in [6.45, 7) is 0. The summed E-state index contributed by atoms with van der Waals surface area (Å²) in [6.07, 6.45) is 3.37. The molecular formula is C9H15N5S. The number of hydrogen-bond acceptors (Lipinski definition) is 6. The first-order valence-electron chi connectivity index (χ1n) is 4.97. The van der Waals surface area contributed by atoms with Gasteiger partial charge >= 0.3 is 0 Å². The number of hydrogen-bond donors (Lipinski definition) is 3. The summed E-state index contributed by atoms with van der Waals surface area (Å²) >= 11 is 1.58. The third kappa shape index (κ3) is 2.51. The molecule has 0 amide bonds. The van der Waals surface area contributed by atoms with Gasteiger partial charge in [-0.15, -0.1) is 0 Å². The molecule has 1 aliphatic carbocycles. The molecular weight excluding hydrogens is 210 g/mol. The van der Waals surface area contributed by atoms with Crippen molar-refractivity contribution < 1.29 is 0 Å². The number of nitrogens with zero attached hydrogens (tertiary/aromatic N) is 2. The number of nitrogen functional groups attached to an aromatic ring is 2. The Labute approximate surface area is 92.8 Å². The molecule has 1 aliphatic rings. The van der Waals surface area contributed by atoms with E-state index in [1.165, 1.54) is 6.42 Å². The highest BCUT2D eigenvalue weighted by molar-refractivity contribution is 7.99. The minimum atomic E-state index is 0.237. The van der Waals surface area contributed by atoms with Crippen molar-refractivity contribution in [2.45, 2.75) is 35.7 Å². The van der Waals surface area contributed by atoms with Crippen molar-refractivity contribution in [3.05, 3.63) is 6.07 Å². The lowest BCUT2D eigenvalue weighted by Gasteiger charge is -2.13. The summed E-state index contributed by atoms with van der Waals surface area (Å²) in [7, 11) is 0. The minimum Gasteiger partial charge on any atom is -0.383 e. The number of aromatic nitrogens is 2. The highest BCUT2D eigenvalue weighted by Crippen LogP contribution is 2.32. The van der Waals surface area contributed by atoms with Gasteiger partial charge in [0, 0.05) is 17.4 Å². The fourth-order valence-electron chi connectivity index (χ4n) is 1.75. The van der Waals surface area contributed by atoms with Crippen LogP contribution >= 0.6 is 11.8 Å². The first-order valence-corrected chi connectivity index (χ1v) is 5.85. The van der Waals surface area contributed by atoms with Crippen molar-refractivity contribution in [2.75, 3.05) is 11.5 Å². The zero-order chi connectivity index (χ0) is 10.8. The predicted octanol–water partition coefficient (Wildman–Crippen LogP) is 0.613. The number of nitrogens with two attached hydrogens (primary N) is 3. The Morgan fingerprint density at radius 1 is 1.20 bits per heavy atom. The van der Waals surface area contributed by atoms with Gasteiger partial charge in [-0.1, -0.05) is 18.2 Å². The number of rotatable bonds is 2. The highest BCUT2D eigenvalue weighted by Gasteiger charge is 2.25. The molecule has 5 nitrogen and oxygen atoms in total. The SMILES string of the molecule is Nc1cc(N)nc(SC2CCCC2N)n1. The molecule has 0 saturated heterocycles. The average molecular weight is 225 g/mol. The maximum absolute atomic E-state index is 5.96. The van der Waals surface area contributed by atoms with Gasteiger partial charge in [-0.2, -0.15) is 0 Å². The van der Waals surface area contributed by atoms with Gasteiger partial charge in [-0.3, -0.25) is 0 Å². The van der Waals surface area contributed by atoms with E-state index in [0.29, 0.717) is 22.0 Å². The van der Waals surface area contributed by atoms with Crippen LogP contribution in [0.2, 0.25) is 0 Å². The fraction of sp³-hybridized carbons (Fsp3) is 0.556. The van der Waals surface area contributed by atoms with E-state index in [9.17, 15) is 0 Å². The Hall–Kier alpha value is -1.01. The lowest BCUT2D eigenvalue weighted by molar-refractivity contribution is 0.714. The van der Waals surface area contributed by atoms with E-state index >= 15 is 0 Å². The van der Waals surface area contributed by atoms with Crippen LogP contribution in [0.25, 0.3) is 0 Å². The van der Waals surface area contributed by atoms with Crippen molar-refractivity contribution in [3.63, 3.8) is 0 Å². The van der Waals surface area contributed by atoms with Crippen molar-refractivity contribution in [1.29, 1.82) is 0 Å². The Kier molecular flexibility index (Phi) is 2.97. The first-order chi connectivity index (χ1) is 7.15. The monoisotopic (exact) mass is 225 g/mol. The number of thioether (sulfide) groups is 1. The molecule has 0 aliphatic heterocycles. The Bertz CT molecular complexity index is 336. The molecule has 1 aromatic rings. The number of anilines is 2. The molecule has 1 saturated carbocycles. The van der Waals surface area contributed by atoms with E-state index in [-0.39, 0.29) is 6.04 Å². The molecule has 0 spiro atoms. The van der Waals surface area contributed by atoms with Crippen LogP contribution in [-0.4, -0.2) is 21.3 Å². The molecule has 0 radical (unpaired) electrons. The summed E-state index contributed by atoms with van der Waals surface area (Å²) in [5.74, 6) is 0.827. The van der Waals surface area contributed by atoms with E-state index in [4.69, 9.17) is 17.2 Å². The zero-order valence-corrected chi connectivity index (χ0v) is 9.20. The van der Waals surface area contributed by atoms with Crippen LogP contribution in [0, 0.1) is 0 Å². The van der Waals surface area contributed by atoms with Crippen LogP contribution in [0.5, 0.6) is 0 Å². The van der Waals surface area contributed by atoms with Crippen LogP contribution in [0.4, 0.5) is 11.6 Å². The fourth-order valence-corrected chi connectivity index (χ4v) is 2.93. The molecule has 2 unspecified atom stereocenters. The van der Waals surface area contributed by atoms with Crippen molar-refractivity contribution in [2.24, 2.45) is 5.73 Å². The average Bonchev–Trinajstić information content (AvgIpc) is 2.50. The Morgan fingerprint density at radius 2 is 1.87 bits per heavy atom. The van der Waals surface area contributed by atoms with Crippen LogP contribution in [0.3, 0.4) is 0 Å². The molecule has 0 bridgehead atoms. The molecule has 15 heavy (non-hydrogen) atoms. The van der Waals surface area contributed by atoms with Gasteiger partial charge in [0.2, 0.25) is 0 Å². The minimum absolute atomic E-state index is 0.237. The van der Waals surface area contributed by atoms with Gasteiger partial charge < -0.3 is 17.2 Å². The third-order valence-electron chi connectivity index (χ3n) is 2.51. The highest BCUT2D eigenvalue weighted by atomic mass is 32.2.